The van der Waals surface area contributed by atoms with Crippen LogP contribution in [0.3, 0.4) is 0 Å². The second-order valence-corrected chi connectivity index (χ2v) is 18.7. The summed E-state index contributed by atoms with van der Waals surface area (Å²) >= 11 is 0. The maximum absolute atomic E-state index is 14.5. The van der Waals surface area contributed by atoms with Gasteiger partial charge in [0.2, 0.25) is 23.0 Å². The maximum Gasteiger partial charge on any atom is 0.426 e. The topological polar surface area (TPSA) is 244 Å². The van der Waals surface area contributed by atoms with Crippen LogP contribution < -0.4 is 20.1 Å². The van der Waals surface area contributed by atoms with E-state index in [1.807, 2.05) is 0 Å². The summed E-state index contributed by atoms with van der Waals surface area (Å²) in [6.45, 7) is 11.0. The van der Waals surface area contributed by atoms with Crippen molar-refractivity contribution in [3.05, 3.63) is 35.0 Å². The van der Waals surface area contributed by atoms with E-state index >= 15 is 0 Å². The molecule has 0 saturated heterocycles. The van der Waals surface area contributed by atoms with Crippen molar-refractivity contribution in [3.8, 4) is 34.9 Å². The van der Waals surface area contributed by atoms with Crippen LogP contribution in [0.2, 0.25) is 0 Å². The quantitative estimate of drug-likeness (QED) is 0.150. The van der Waals surface area contributed by atoms with Crippen molar-refractivity contribution in [2.45, 2.75) is 179 Å². The Morgan fingerprint density at radius 2 is 1.03 bits per heavy atom. The van der Waals surface area contributed by atoms with Crippen molar-refractivity contribution in [1.29, 1.82) is 0 Å². The number of pyridine rings is 2. The monoisotopic (exact) mass is 1080 g/mol. The molecule has 0 fully saturated rings. The van der Waals surface area contributed by atoms with E-state index in [0.717, 1.165) is 0 Å². The zero-order valence-electron chi connectivity index (χ0n) is 44.3. The molecule has 4 unspecified atom stereocenters. The van der Waals surface area contributed by atoms with Gasteiger partial charge in [0.1, 0.15) is 22.3 Å². The Bertz CT molecular complexity index is 2760. The summed E-state index contributed by atoms with van der Waals surface area (Å²) in [5.74, 6) is -6.79. The van der Waals surface area contributed by atoms with E-state index in [0.29, 0.717) is 6.07 Å². The molecule has 2 aliphatic rings. The average Bonchev–Trinajstić information content (AvgIpc) is 3.97. The number of rotatable bonds is 1. The number of fused-ring (bicyclic) bond motifs is 10. The molecule has 4 aromatic heterocycles. The molecule has 4 aromatic rings. The lowest BCUT2D eigenvalue weighted by atomic mass is 9.94. The molecule has 0 radical (unpaired) electrons. The number of hydrogen-bond acceptors (Lipinski definition) is 17. The van der Waals surface area contributed by atoms with Gasteiger partial charge in [-0.1, -0.05) is 12.8 Å². The molecular weight excluding hydrogens is 1030 g/mol. The Hall–Kier alpha value is -6.20. The van der Waals surface area contributed by atoms with E-state index in [1.165, 1.54) is 55.4 Å². The van der Waals surface area contributed by atoms with Gasteiger partial charge in [-0.25, -0.2) is 19.6 Å². The smallest absolute Gasteiger partial charge is 0.426 e. The molecule has 412 valence electrons. The Kier molecular flexibility index (Phi) is 15.1. The van der Waals surface area contributed by atoms with E-state index in [1.54, 1.807) is 0 Å². The molecule has 2 amide bonds. The van der Waals surface area contributed by atoms with Crippen LogP contribution in [0.15, 0.2) is 21.0 Å². The molecule has 30 heteroatoms. The van der Waals surface area contributed by atoms with Crippen LogP contribution in [-0.4, -0.2) is 88.5 Å². The number of carbonyl (C=O) groups excluding carboxylic acids is 2. The van der Waals surface area contributed by atoms with Crippen molar-refractivity contribution < 1.29 is 106 Å². The number of carbonyl (C=O) groups is 2. The minimum atomic E-state index is -5.52. The summed E-state index contributed by atoms with van der Waals surface area (Å²) in [4.78, 5) is 34.2. The minimum absolute atomic E-state index is 0.0365. The van der Waals surface area contributed by atoms with Crippen LogP contribution in [0.1, 0.15) is 148 Å². The molecule has 0 saturated carbocycles. The van der Waals surface area contributed by atoms with Crippen LogP contribution in [0.25, 0.3) is 23.2 Å². The van der Waals surface area contributed by atoms with Gasteiger partial charge in [0.25, 0.3) is 23.6 Å². The number of halogens is 12. The number of nitrogens with two attached hydrogens (primary N) is 1. The molecule has 0 spiro atoms. The van der Waals surface area contributed by atoms with Crippen molar-refractivity contribution in [2.75, 3.05) is 10.6 Å². The molecule has 74 heavy (non-hydrogen) atoms. The van der Waals surface area contributed by atoms with Crippen molar-refractivity contribution in [2.24, 2.45) is 0 Å². The van der Waals surface area contributed by atoms with Crippen LogP contribution in [-0.2, 0) is 33.0 Å². The van der Waals surface area contributed by atoms with E-state index in [-0.39, 0.29) is 36.6 Å². The average molecular weight is 1080 g/mol. The van der Waals surface area contributed by atoms with Crippen LogP contribution in [0.4, 0.5) is 73.6 Å². The molecule has 6 heterocycles. The van der Waals surface area contributed by atoms with E-state index in [2.05, 4.69) is 30.4 Å². The summed E-state index contributed by atoms with van der Waals surface area (Å²) < 4.78 is 231. The summed E-state index contributed by atoms with van der Waals surface area (Å²) in [6.07, 6.45) is -36.2. The fourth-order valence-electron chi connectivity index (χ4n) is 6.49. The highest BCUT2D eigenvalue weighted by atomic mass is 19.4. The number of hydrogen-bond donors (Lipinski definition) is 3. The highest BCUT2D eigenvalue weighted by molar-refractivity contribution is 6.11. The second-order valence-electron chi connectivity index (χ2n) is 18.7. The summed E-state index contributed by atoms with van der Waals surface area (Å²) in [5.41, 5.74) is -10.9. The minimum Gasteiger partial charge on any atom is -0.474 e. The first kappa shape index (κ1) is 52.7. The summed E-state index contributed by atoms with van der Waals surface area (Å²) in [5, 5.41) is 34.3. The van der Waals surface area contributed by atoms with Gasteiger partial charge in [-0.15, -0.1) is 20.4 Å². The molecule has 4 N–H and O–H groups in total. The van der Waals surface area contributed by atoms with Gasteiger partial charge in [-0.3, -0.25) is 0 Å². The number of imide groups is 1. The normalized spacial score (nSPS) is 26.4. The standard InChI is InChI=1S/C27H34F6N4O7.C17H18F6N4O3/c1-14-11-9-8-10-12-25(40,27(31,32)33)20-36-35-19(42-20)17-16(13-15(26(28,29)30)18(34-17)41-14)37(21(38)43-23(2,3)4)22(39)44-24(5,6)7;1-8-5-3-2-4-6-15(28,17(21,22)23)14-27-26-13(30-14)11-10(24)7-9(16(18,19)20)12(25-11)29-8/h13-14,40H,8-12H2,1-7H3;7-8,28H,2-6,24H2,1H3/t14-,25-;8-,15-/m11/s1/i8D,10D;2D,4D/t8?,10?,14-,25-;2?,4?,8-,15-. The van der Waals surface area contributed by atoms with Gasteiger partial charge in [0.05, 0.1) is 23.6 Å². The molecule has 8 atom stereocenters. The van der Waals surface area contributed by atoms with Crippen molar-refractivity contribution in [1.82, 2.24) is 30.4 Å². The summed E-state index contributed by atoms with van der Waals surface area (Å²) in [7, 11) is 0. The van der Waals surface area contributed by atoms with Gasteiger partial charge >= 0.3 is 36.9 Å². The third-order valence-corrected chi connectivity index (χ3v) is 10.2. The first-order valence-electron chi connectivity index (χ1n) is 24.2. The highest BCUT2D eigenvalue weighted by Crippen LogP contribution is 2.48. The molecule has 2 aliphatic heterocycles. The molecule has 18 nitrogen and oxygen atoms in total. The van der Waals surface area contributed by atoms with Gasteiger partial charge < -0.3 is 43.7 Å². The van der Waals surface area contributed by atoms with Crippen molar-refractivity contribution >= 4 is 23.6 Å². The fourth-order valence-corrected chi connectivity index (χ4v) is 6.49. The van der Waals surface area contributed by atoms with Gasteiger partial charge in [-0.2, -0.15) is 57.6 Å². The lowest BCUT2D eigenvalue weighted by Crippen LogP contribution is -2.44. The molecule has 0 aliphatic carbocycles. The Balaban J connectivity index is 0.000000306. The highest BCUT2D eigenvalue weighted by Gasteiger charge is 2.60. The van der Waals surface area contributed by atoms with Gasteiger partial charge in [0.15, 0.2) is 11.4 Å². The number of nitrogen functional groups attached to an aromatic ring is 1. The lowest BCUT2D eigenvalue weighted by molar-refractivity contribution is -0.277. The molecule has 8 bridgehead atoms. The predicted molar refractivity (Wildman–Crippen MR) is 231 cm³/mol. The SMILES string of the molecule is [2H]C1CC[C@@H](C)Oc2nc(c(N(C(=O)OC(C)(C)C)C(=O)OC(C)(C)C)cc2C(F)(F)F)-c2nnc(o2)[C@@](O)(C(F)(F)F)CC1[2H].[2H]C1CC[C@@H](C)Oc2nc(c(N)cc2C(F)(F)F)-c2nnc(o2)[C@@](O)(C(F)(F)F)CC1[2H]. The van der Waals surface area contributed by atoms with E-state index < -0.39 is 179 Å². The predicted octanol–water partition coefficient (Wildman–Crippen LogP) is 11.5. The number of aliphatic hydroxyl groups is 2. The Morgan fingerprint density at radius 3 is 1.41 bits per heavy atom. The molecule has 6 rings (SSSR count). The summed E-state index contributed by atoms with van der Waals surface area (Å²) in [6, 6.07) is 0.736. The Morgan fingerprint density at radius 1 is 0.649 bits per heavy atom. The lowest BCUT2D eigenvalue weighted by Gasteiger charge is -2.30. The third kappa shape index (κ3) is 13.7. The first-order valence-corrected chi connectivity index (χ1v) is 21.9. The first-order chi connectivity index (χ1) is 35.4. The van der Waals surface area contributed by atoms with Gasteiger partial charge in [-0.05, 0) is 119 Å². The maximum atomic E-state index is 14.5. The Labute approximate surface area is 418 Å². The number of anilines is 2. The molecular formula is C44H52F12N8O10. The van der Waals surface area contributed by atoms with Crippen LogP contribution in [0, 0.1) is 0 Å². The van der Waals surface area contributed by atoms with E-state index in [4.69, 9.17) is 39.0 Å². The third-order valence-electron chi connectivity index (χ3n) is 10.2. The van der Waals surface area contributed by atoms with Crippen LogP contribution >= 0.6 is 0 Å². The molecule has 0 aromatic carbocycles. The number of alkyl halides is 12. The zero-order valence-corrected chi connectivity index (χ0v) is 40.3. The zero-order chi connectivity index (χ0) is 59.3. The second kappa shape index (κ2) is 21.2. The van der Waals surface area contributed by atoms with E-state index in [9.17, 15) is 72.5 Å². The van der Waals surface area contributed by atoms with Gasteiger partial charge in [0, 0.05) is 5.48 Å². The number of amides is 2. The van der Waals surface area contributed by atoms with Crippen LogP contribution in [0.5, 0.6) is 11.8 Å². The van der Waals surface area contributed by atoms with Crippen molar-refractivity contribution in [3.63, 3.8) is 0 Å². The largest absolute Gasteiger partial charge is 0.474 e. The fraction of sp³-hybridized carbons (Fsp3) is 0.636. The number of nitrogens with zero attached hydrogens (tertiary/aromatic N) is 7. The number of aromatic nitrogens is 6. The number of ether oxygens (including phenoxy) is 4.